The first-order valence-corrected chi connectivity index (χ1v) is 7.96. The number of hydrogen-bond donors (Lipinski definition) is 0. The quantitative estimate of drug-likeness (QED) is 0.684. The highest BCUT2D eigenvalue weighted by atomic mass is 35.5. The maximum Gasteiger partial charge on any atom is 0.160 e. The van der Waals surface area contributed by atoms with Crippen LogP contribution in [0.1, 0.15) is 21.1 Å². The van der Waals surface area contributed by atoms with Gasteiger partial charge in [-0.2, -0.15) is 0 Å². The van der Waals surface area contributed by atoms with Crippen LogP contribution in [0.5, 0.6) is 0 Å². The summed E-state index contributed by atoms with van der Waals surface area (Å²) in [7, 11) is 0. The summed E-state index contributed by atoms with van der Waals surface area (Å²) in [5.74, 6) is 1.59. The Balaban J connectivity index is 2.06. The number of nitrogens with zero attached hydrogens (tertiary/aromatic N) is 3. The lowest BCUT2D eigenvalue weighted by molar-refractivity contribution is 0.756. The number of rotatable bonds is 4. The van der Waals surface area contributed by atoms with E-state index in [1.807, 2.05) is 29.7 Å². The molecule has 3 aromatic heterocycles. The van der Waals surface area contributed by atoms with Crippen molar-refractivity contribution in [2.24, 2.45) is 0 Å². The number of imidazole rings is 1. The number of aromatic nitrogens is 3. The van der Waals surface area contributed by atoms with Crippen LogP contribution in [0.25, 0.3) is 11.2 Å². The Morgan fingerprint density at radius 3 is 2.90 bits per heavy atom. The van der Waals surface area contributed by atoms with E-state index in [0.717, 1.165) is 30.0 Å². The molecule has 0 radical (unpaired) electrons. The maximum absolute atomic E-state index is 5.90. The third-order valence-electron chi connectivity index (χ3n) is 3.43. The fourth-order valence-corrected chi connectivity index (χ4v) is 3.54. The average molecular weight is 306 g/mol. The average Bonchev–Trinajstić information content (AvgIpc) is 2.93. The van der Waals surface area contributed by atoms with E-state index >= 15 is 0 Å². The standard InChI is InChI=1S/C15H16ClN3S/c1-10-8-12(20-11(10)2)9-19-14(5-6-16)18-13-4-3-7-17-15(13)19/h3-4,7-8H,5-6,9H2,1-2H3. The summed E-state index contributed by atoms with van der Waals surface area (Å²) in [4.78, 5) is 11.8. The van der Waals surface area contributed by atoms with Gasteiger partial charge in [-0.25, -0.2) is 9.97 Å². The van der Waals surface area contributed by atoms with Crippen molar-refractivity contribution in [3.8, 4) is 0 Å². The molecule has 3 aromatic rings. The van der Waals surface area contributed by atoms with Crippen LogP contribution >= 0.6 is 22.9 Å². The highest BCUT2D eigenvalue weighted by Crippen LogP contribution is 2.24. The Kier molecular flexibility index (Phi) is 3.76. The van der Waals surface area contributed by atoms with Crippen molar-refractivity contribution in [1.82, 2.24) is 14.5 Å². The van der Waals surface area contributed by atoms with E-state index in [4.69, 9.17) is 11.6 Å². The van der Waals surface area contributed by atoms with Gasteiger partial charge in [-0.1, -0.05) is 0 Å². The summed E-state index contributed by atoms with van der Waals surface area (Å²) in [5.41, 5.74) is 3.23. The zero-order chi connectivity index (χ0) is 14.1. The number of thiophene rings is 1. The molecule has 0 aliphatic heterocycles. The van der Waals surface area contributed by atoms with Gasteiger partial charge in [0.05, 0.1) is 6.54 Å². The molecule has 0 N–H and O–H groups in total. The smallest absolute Gasteiger partial charge is 0.160 e. The molecule has 0 aliphatic carbocycles. The zero-order valence-corrected chi connectivity index (χ0v) is 13.1. The third-order valence-corrected chi connectivity index (χ3v) is 4.76. The first-order valence-electron chi connectivity index (χ1n) is 6.61. The molecular weight excluding hydrogens is 290 g/mol. The molecule has 0 fully saturated rings. The Morgan fingerprint density at radius 1 is 1.35 bits per heavy atom. The van der Waals surface area contributed by atoms with E-state index in [2.05, 4.69) is 34.4 Å². The van der Waals surface area contributed by atoms with Crippen molar-refractivity contribution in [3.05, 3.63) is 45.5 Å². The molecule has 3 rings (SSSR count). The lowest BCUT2D eigenvalue weighted by atomic mass is 10.3. The monoisotopic (exact) mass is 305 g/mol. The van der Waals surface area contributed by atoms with Gasteiger partial charge in [0, 0.05) is 28.3 Å². The van der Waals surface area contributed by atoms with Crippen LogP contribution in [0.15, 0.2) is 24.4 Å². The van der Waals surface area contributed by atoms with E-state index in [0.29, 0.717) is 5.88 Å². The van der Waals surface area contributed by atoms with Crippen LogP contribution in [0.3, 0.4) is 0 Å². The second-order valence-electron chi connectivity index (χ2n) is 4.85. The molecule has 3 heterocycles. The summed E-state index contributed by atoms with van der Waals surface area (Å²) in [6.45, 7) is 5.13. The number of fused-ring (bicyclic) bond motifs is 1. The first-order chi connectivity index (χ1) is 9.69. The predicted octanol–water partition coefficient (Wildman–Crippen LogP) is 3.94. The van der Waals surface area contributed by atoms with Crippen molar-refractivity contribution >= 4 is 34.1 Å². The van der Waals surface area contributed by atoms with Gasteiger partial charge in [0.1, 0.15) is 11.3 Å². The summed E-state index contributed by atoms with van der Waals surface area (Å²) in [6.07, 6.45) is 2.58. The number of halogens is 1. The van der Waals surface area contributed by atoms with Gasteiger partial charge in [-0.3, -0.25) is 0 Å². The van der Waals surface area contributed by atoms with E-state index in [-0.39, 0.29) is 0 Å². The summed E-state index contributed by atoms with van der Waals surface area (Å²) in [5, 5.41) is 0. The maximum atomic E-state index is 5.90. The molecule has 0 aliphatic rings. The van der Waals surface area contributed by atoms with Gasteiger partial charge in [-0.15, -0.1) is 22.9 Å². The molecule has 0 bridgehead atoms. The minimum absolute atomic E-state index is 0.575. The molecule has 0 saturated heterocycles. The lowest BCUT2D eigenvalue weighted by Gasteiger charge is -2.06. The van der Waals surface area contributed by atoms with Crippen LogP contribution in [-0.4, -0.2) is 20.4 Å². The van der Waals surface area contributed by atoms with Crippen molar-refractivity contribution in [2.45, 2.75) is 26.8 Å². The Bertz CT molecular complexity index is 725. The Hall–Kier alpha value is -1.39. The van der Waals surface area contributed by atoms with E-state index in [1.165, 1.54) is 15.3 Å². The largest absolute Gasteiger partial charge is 0.307 e. The fraction of sp³-hybridized carbons (Fsp3) is 0.333. The van der Waals surface area contributed by atoms with Crippen LogP contribution in [0.4, 0.5) is 0 Å². The highest BCUT2D eigenvalue weighted by molar-refractivity contribution is 7.12. The molecule has 104 valence electrons. The molecule has 20 heavy (non-hydrogen) atoms. The van der Waals surface area contributed by atoms with Crippen LogP contribution in [-0.2, 0) is 13.0 Å². The molecular formula is C15H16ClN3S. The summed E-state index contributed by atoms with van der Waals surface area (Å²) >= 11 is 7.74. The molecule has 0 amide bonds. The number of pyridine rings is 1. The van der Waals surface area contributed by atoms with Crippen molar-refractivity contribution < 1.29 is 0 Å². The van der Waals surface area contributed by atoms with Crippen LogP contribution in [0, 0.1) is 13.8 Å². The van der Waals surface area contributed by atoms with Gasteiger partial charge in [0.25, 0.3) is 0 Å². The molecule has 0 saturated carbocycles. The van der Waals surface area contributed by atoms with Crippen LogP contribution in [0.2, 0.25) is 0 Å². The molecule has 5 heteroatoms. The third kappa shape index (κ3) is 2.45. The highest BCUT2D eigenvalue weighted by Gasteiger charge is 2.12. The molecule has 0 spiro atoms. The zero-order valence-electron chi connectivity index (χ0n) is 11.6. The lowest BCUT2D eigenvalue weighted by Crippen LogP contribution is -2.05. The first kappa shape index (κ1) is 13.6. The van der Waals surface area contributed by atoms with Gasteiger partial charge in [0.15, 0.2) is 5.65 Å². The molecule has 0 aromatic carbocycles. The fourth-order valence-electron chi connectivity index (χ4n) is 2.33. The summed E-state index contributed by atoms with van der Waals surface area (Å²) in [6, 6.07) is 6.17. The topological polar surface area (TPSA) is 30.7 Å². The second-order valence-corrected chi connectivity index (χ2v) is 6.57. The van der Waals surface area contributed by atoms with E-state index in [9.17, 15) is 0 Å². The van der Waals surface area contributed by atoms with Crippen molar-refractivity contribution in [2.75, 3.05) is 5.88 Å². The Labute approximate surface area is 127 Å². The number of alkyl halides is 1. The number of aryl methyl sites for hydroxylation is 3. The SMILES string of the molecule is Cc1cc(Cn2c(CCCl)nc3cccnc32)sc1C. The van der Waals surface area contributed by atoms with Gasteiger partial charge >= 0.3 is 0 Å². The van der Waals surface area contributed by atoms with E-state index in [1.54, 1.807) is 0 Å². The van der Waals surface area contributed by atoms with Gasteiger partial charge < -0.3 is 4.57 Å². The second kappa shape index (κ2) is 5.54. The molecule has 0 unspecified atom stereocenters. The molecule has 0 atom stereocenters. The van der Waals surface area contributed by atoms with Gasteiger partial charge in [-0.05, 0) is 37.6 Å². The minimum Gasteiger partial charge on any atom is -0.307 e. The van der Waals surface area contributed by atoms with Gasteiger partial charge in [0.2, 0.25) is 0 Å². The summed E-state index contributed by atoms with van der Waals surface area (Å²) < 4.78 is 2.18. The number of hydrogen-bond acceptors (Lipinski definition) is 3. The van der Waals surface area contributed by atoms with Crippen molar-refractivity contribution in [1.29, 1.82) is 0 Å². The normalized spacial score (nSPS) is 11.3. The minimum atomic E-state index is 0.575. The predicted molar refractivity (Wildman–Crippen MR) is 84.8 cm³/mol. The Morgan fingerprint density at radius 2 is 2.20 bits per heavy atom. The molecule has 3 nitrogen and oxygen atoms in total. The van der Waals surface area contributed by atoms with Crippen LogP contribution < -0.4 is 0 Å². The van der Waals surface area contributed by atoms with E-state index < -0.39 is 0 Å². The van der Waals surface area contributed by atoms with Crippen molar-refractivity contribution in [3.63, 3.8) is 0 Å².